The number of nitrogens with one attached hydrogen (secondary N) is 2. The van der Waals surface area contributed by atoms with Crippen LogP contribution in [-0.4, -0.2) is 46.0 Å². The molecule has 0 aliphatic rings. The van der Waals surface area contributed by atoms with Gasteiger partial charge in [-0.25, -0.2) is 4.98 Å². The van der Waals surface area contributed by atoms with Gasteiger partial charge in [0.15, 0.2) is 0 Å². The van der Waals surface area contributed by atoms with Gasteiger partial charge >= 0.3 is 0 Å². The first-order valence-corrected chi connectivity index (χ1v) is 10.5. The normalized spacial score (nSPS) is 11.6. The van der Waals surface area contributed by atoms with Crippen LogP contribution in [0.25, 0.3) is 21.9 Å². The number of aryl methyl sites for hydroxylation is 2. The zero-order valence-corrected chi connectivity index (χ0v) is 17.7. The Bertz CT molecular complexity index is 1140. The van der Waals surface area contributed by atoms with Crippen LogP contribution in [0.5, 0.6) is 0 Å². The topological polar surface area (TPSA) is 66.0 Å². The van der Waals surface area contributed by atoms with Gasteiger partial charge in [0.25, 0.3) is 0 Å². The van der Waals surface area contributed by atoms with Crippen LogP contribution in [0.4, 0.5) is 5.69 Å². The lowest BCUT2D eigenvalue weighted by atomic mass is 10.1. The second-order valence-corrected chi connectivity index (χ2v) is 8.06. The highest BCUT2D eigenvalue weighted by Gasteiger charge is 2.08. The molecular weight excluding hydrogens is 374 g/mol. The highest BCUT2D eigenvalue weighted by molar-refractivity contribution is 5.93. The number of hydrogen-bond donors (Lipinski definition) is 2. The van der Waals surface area contributed by atoms with Crippen molar-refractivity contribution < 1.29 is 4.79 Å². The molecule has 0 unspecified atom stereocenters. The first-order chi connectivity index (χ1) is 14.6. The molecule has 0 atom stereocenters. The SMILES string of the molecule is CN(C)CCCn1cnc2cc(NC(=O)CCCc3c[nH]c4ccccc34)ccc21. The lowest BCUT2D eigenvalue weighted by molar-refractivity contribution is -0.116. The number of aromatic nitrogens is 3. The third-order valence-electron chi connectivity index (χ3n) is 5.43. The minimum atomic E-state index is 0.0413. The number of nitrogens with zero attached hydrogens (tertiary/aromatic N) is 3. The van der Waals surface area contributed by atoms with Gasteiger partial charge in [-0.05, 0) is 69.7 Å². The van der Waals surface area contributed by atoms with E-state index in [-0.39, 0.29) is 5.91 Å². The summed E-state index contributed by atoms with van der Waals surface area (Å²) in [5.41, 5.74) is 5.23. The average Bonchev–Trinajstić information content (AvgIpc) is 3.32. The fourth-order valence-electron chi connectivity index (χ4n) is 3.88. The number of amides is 1. The summed E-state index contributed by atoms with van der Waals surface area (Å²) < 4.78 is 2.17. The summed E-state index contributed by atoms with van der Waals surface area (Å²) in [5, 5.41) is 4.26. The minimum Gasteiger partial charge on any atom is -0.361 e. The number of H-pyrrole nitrogens is 1. The van der Waals surface area contributed by atoms with Crippen molar-refractivity contribution in [3.05, 3.63) is 60.6 Å². The highest BCUT2D eigenvalue weighted by Crippen LogP contribution is 2.21. The molecular formula is C24H29N5O. The molecule has 6 heteroatoms. The molecule has 4 rings (SSSR count). The molecule has 2 aromatic carbocycles. The average molecular weight is 404 g/mol. The molecule has 0 radical (unpaired) electrons. The summed E-state index contributed by atoms with van der Waals surface area (Å²) in [6, 6.07) is 14.2. The number of rotatable bonds is 9. The molecule has 0 bridgehead atoms. The quantitative estimate of drug-likeness (QED) is 0.434. The Morgan fingerprint density at radius 3 is 2.90 bits per heavy atom. The van der Waals surface area contributed by atoms with Gasteiger partial charge in [0.1, 0.15) is 0 Å². The van der Waals surface area contributed by atoms with Crippen molar-refractivity contribution in [1.82, 2.24) is 19.4 Å². The molecule has 6 nitrogen and oxygen atoms in total. The third kappa shape index (κ3) is 4.71. The summed E-state index contributed by atoms with van der Waals surface area (Å²) in [5.74, 6) is 0.0413. The Kier molecular flexibility index (Phi) is 6.14. The second kappa shape index (κ2) is 9.13. The molecule has 0 saturated carbocycles. The lowest BCUT2D eigenvalue weighted by Crippen LogP contribution is -2.14. The first-order valence-electron chi connectivity index (χ1n) is 10.5. The van der Waals surface area contributed by atoms with E-state index in [4.69, 9.17) is 0 Å². The fourth-order valence-corrected chi connectivity index (χ4v) is 3.88. The van der Waals surface area contributed by atoms with Crippen molar-refractivity contribution in [3.63, 3.8) is 0 Å². The number of fused-ring (bicyclic) bond motifs is 2. The minimum absolute atomic E-state index is 0.0413. The Hall–Kier alpha value is -3.12. The Morgan fingerprint density at radius 2 is 2.03 bits per heavy atom. The standard InChI is InChI=1S/C24H29N5O/c1-28(2)13-6-14-29-17-26-22-15-19(11-12-23(22)29)27-24(30)10-5-7-18-16-25-21-9-4-3-8-20(18)21/h3-4,8-9,11-12,15-17,25H,5-7,10,13-14H2,1-2H3,(H,27,30). The van der Waals surface area contributed by atoms with Gasteiger partial charge in [0.2, 0.25) is 5.91 Å². The molecule has 0 fully saturated rings. The van der Waals surface area contributed by atoms with E-state index < -0.39 is 0 Å². The molecule has 1 amide bonds. The molecule has 2 N–H and O–H groups in total. The third-order valence-corrected chi connectivity index (χ3v) is 5.43. The number of aromatic amines is 1. The summed E-state index contributed by atoms with van der Waals surface area (Å²) in [6.07, 6.45) is 7.20. The van der Waals surface area contributed by atoms with Gasteiger partial charge in [-0.3, -0.25) is 4.79 Å². The second-order valence-electron chi connectivity index (χ2n) is 8.06. The molecule has 0 spiro atoms. The number of carbonyl (C=O) groups excluding carboxylic acids is 1. The highest BCUT2D eigenvalue weighted by atomic mass is 16.1. The van der Waals surface area contributed by atoms with Crippen LogP contribution in [-0.2, 0) is 17.8 Å². The number of benzene rings is 2. The van der Waals surface area contributed by atoms with Gasteiger partial charge in [0, 0.05) is 35.8 Å². The molecule has 30 heavy (non-hydrogen) atoms. The van der Waals surface area contributed by atoms with Crippen LogP contribution < -0.4 is 5.32 Å². The van der Waals surface area contributed by atoms with Crippen molar-refractivity contribution >= 4 is 33.5 Å². The Balaban J connectivity index is 1.30. The molecule has 156 valence electrons. The van der Waals surface area contributed by atoms with Crippen LogP contribution in [0, 0.1) is 0 Å². The molecule has 0 aliphatic heterocycles. The molecule has 0 aliphatic carbocycles. The van der Waals surface area contributed by atoms with Gasteiger partial charge in [-0.15, -0.1) is 0 Å². The maximum atomic E-state index is 12.4. The predicted molar refractivity (Wildman–Crippen MR) is 123 cm³/mol. The van der Waals surface area contributed by atoms with Gasteiger partial charge in [-0.1, -0.05) is 18.2 Å². The maximum absolute atomic E-state index is 12.4. The smallest absolute Gasteiger partial charge is 0.224 e. The number of para-hydroxylation sites is 1. The summed E-state index contributed by atoms with van der Waals surface area (Å²) in [6.45, 7) is 1.99. The van der Waals surface area contributed by atoms with Crippen LogP contribution in [0.3, 0.4) is 0 Å². The Labute approximate surface area is 176 Å². The zero-order chi connectivity index (χ0) is 20.9. The van der Waals surface area contributed by atoms with E-state index in [2.05, 4.69) is 51.0 Å². The summed E-state index contributed by atoms with van der Waals surface area (Å²) in [7, 11) is 4.17. The van der Waals surface area contributed by atoms with E-state index >= 15 is 0 Å². The van der Waals surface area contributed by atoms with E-state index in [1.807, 2.05) is 42.9 Å². The van der Waals surface area contributed by atoms with Crippen molar-refractivity contribution in [2.45, 2.75) is 32.2 Å². The van der Waals surface area contributed by atoms with Crippen molar-refractivity contribution in [2.75, 3.05) is 26.0 Å². The van der Waals surface area contributed by atoms with E-state index in [9.17, 15) is 4.79 Å². The summed E-state index contributed by atoms with van der Waals surface area (Å²) in [4.78, 5) is 22.4. The van der Waals surface area contributed by atoms with E-state index in [0.29, 0.717) is 6.42 Å². The Morgan fingerprint density at radius 1 is 1.17 bits per heavy atom. The van der Waals surface area contributed by atoms with Crippen LogP contribution in [0.15, 0.2) is 55.0 Å². The molecule has 0 saturated heterocycles. The largest absolute Gasteiger partial charge is 0.361 e. The van der Waals surface area contributed by atoms with Crippen molar-refractivity contribution in [1.29, 1.82) is 0 Å². The van der Waals surface area contributed by atoms with Crippen molar-refractivity contribution in [3.8, 4) is 0 Å². The van der Waals surface area contributed by atoms with Gasteiger partial charge in [-0.2, -0.15) is 0 Å². The first kappa shape index (κ1) is 20.2. The van der Waals surface area contributed by atoms with E-state index in [0.717, 1.165) is 54.6 Å². The lowest BCUT2D eigenvalue weighted by Gasteiger charge is -2.10. The molecule has 2 heterocycles. The molecule has 4 aromatic rings. The van der Waals surface area contributed by atoms with Crippen LogP contribution in [0.2, 0.25) is 0 Å². The summed E-state index contributed by atoms with van der Waals surface area (Å²) >= 11 is 0. The van der Waals surface area contributed by atoms with Crippen molar-refractivity contribution in [2.24, 2.45) is 0 Å². The number of hydrogen-bond acceptors (Lipinski definition) is 3. The van der Waals surface area contributed by atoms with E-state index in [1.54, 1.807) is 0 Å². The van der Waals surface area contributed by atoms with E-state index in [1.165, 1.54) is 10.9 Å². The van der Waals surface area contributed by atoms with Gasteiger partial charge < -0.3 is 19.8 Å². The number of anilines is 1. The number of carbonyl (C=O) groups is 1. The molecule has 2 aromatic heterocycles. The zero-order valence-electron chi connectivity index (χ0n) is 17.7. The maximum Gasteiger partial charge on any atom is 0.224 e. The predicted octanol–water partition coefficient (Wildman–Crippen LogP) is 4.43. The van der Waals surface area contributed by atoms with Crippen LogP contribution >= 0.6 is 0 Å². The van der Waals surface area contributed by atoms with Crippen LogP contribution in [0.1, 0.15) is 24.8 Å². The number of imidazole rings is 1. The fraction of sp³-hybridized carbons (Fsp3) is 0.333. The monoisotopic (exact) mass is 403 g/mol. The van der Waals surface area contributed by atoms with Gasteiger partial charge in [0.05, 0.1) is 17.4 Å².